The quantitative estimate of drug-likeness (QED) is 0.150. The number of hydrogen-bond acceptors (Lipinski definition) is 6. The van der Waals surface area contributed by atoms with Crippen LogP contribution in [0.5, 0.6) is 0 Å². The summed E-state index contributed by atoms with van der Waals surface area (Å²) in [6, 6.07) is 9.04. The van der Waals surface area contributed by atoms with Gasteiger partial charge in [0.15, 0.2) is 0 Å². The van der Waals surface area contributed by atoms with Gasteiger partial charge in [-0.3, -0.25) is 0 Å². The number of rotatable bonds is 18. The van der Waals surface area contributed by atoms with E-state index in [9.17, 15) is 0 Å². The van der Waals surface area contributed by atoms with E-state index in [0.717, 1.165) is 0 Å². The molecule has 0 aliphatic heterocycles. The summed E-state index contributed by atoms with van der Waals surface area (Å²) >= 11 is 0. The number of nitrogens with zero attached hydrogens (tertiary/aromatic N) is 16. The maximum absolute atomic E-state index is 15.3. The SMILES string of the molecule is CN(C)P(=NP(N=P(N(C)C)(N(C)C)N(C)C)(N=P(N(C)C)(N(C)C)N(C)C)(N=P(N(C)C)(N(C)C)N(C)C)OC(=O)c1ccccc1)(N(C)C)N(C)C. The molecule has 0 bridgehead atoms. The zero-order chi connectivity index (χ0) is 42.6. The van der Waals surface area contributed by atoms with Crippen molar-refractivity contribution in [1.82, 2.24) is 56.0 Å². The molecule has 0 N–H and O–H groups in total. The van der Waals surface area contributed by atoms with Crippen LogP contribution < -0.4 is 0 Å². The molecule has 0 saturated carbocycles. The normalized spacial score (nSPS) is 14.9. The van der Waals surface area contributed by atoms with Gasteiger partial charge in [0.25, 0.3) is 0 Å². The van der Waals surface area contributed by atoms with Gasteiger partial charge in [-0.1, -0.05) is 0 Å². The second-order valence-corrected chi connectivity index (χ2v) is 33.9. The van der Waals surface area contributed by atoms with E-state index in [1.807, 2.05) is 187 Å². The molecule has 0 spiro atoms. The zero-order valence-electron chi connectivity index (χ0n) is 38.1. The van der Waals surface area contributed by atoms with Crippen molar-refractivity contribution in [3.05, 3.63) is 35.9 Å². The van der Waals surface area contributed by atoms with Crippen molar-refractivity contribution in [2.45, 2.75) is 0 Å². The second-order valence-electron chi connectivity index (χ2n) is 15.3. The van der Waals surface area contributed by atoms with E-state index in [-0.39, 0.29) is 0 Å². The molecule has 0 saturated heterocycles. The number of hydrogen-bond donors (Lipinski definition) is 0. The van der Waals surface area contributed by atoms with Crippen molar-refractivity contribution in [2.24, 2.45) is 18.1 Å². The molecule has 1 rings (SSSR count). The Morgan fingerprint density at radius 2 is 0.574 bits per heavy atom. The van der Waals surface area contributed by atoms with E-state index >= 15 is 4.79 Å². The molecular formula is C31H77N16O2P5. The third-order valence-corrected chi connectivity index (χ3v) is 31.0. The van der Waals surface area contributed by atoms with Gasteiger partial charge in [-0.25, -0.2) is 0 Å². The minimum absolute atomic E-state index is 0.348. The first-order chi connectivity index (χ1) is 24.5. The molecule has 0 heterocycles. The molecule has 0 fully saturated rings. The number of benzene rings is 1. The van der Waals surface area contributed by atoms with Crippen molar-refractivity contribution >= 4 is 43.4 Å². The summed E-state index contributed by atoms with van der Waals surface area (Å²) in [7, 11) is 30.3. The molecule has 0 unspecified atom stereocenters. The van der Waals surface area contributed by atoms with Gasteiger partial charge in [0.05, 0.1) is 0 Å². The first kappa shape index (κ1) is 51.6. The van der Waals surface area contributed by atoms with Crippen molar-refractivity contribution < 1.29 is 9.32 Å². The van der Waals surface area contributed by atoms with Crippen LogP contribution in [-0.2, 0) is 4.52 Å². The average molecular weight is 861 g/mol. The van der Waals surface area contributed by atoms with Gasteiger partial charge in [-0.2, -0.15) is 0 Å². The van der Waals surface area contributed by atoms with Gasteiger partial charge in [0, 0.05) is 0 Å². The molecule has 0 radical (unpaired) electrons. The first-order valence-corrected chi connectivity index (χ1v) is 25.8. The van der Waals surface area contributed by atoms with E-state index in [4.69, 9.17) is 22.6 Å². The number of carbonyl (C=O) groups is 1. The third-order valence-electron chi connectivity index (χ3n) is 8.80. The molecule has 0 aliphatic carbocycles. The number of carbonyl (C=O) groups excluding carboxylic acids is 1. The molecule has 0 aromatic heterocycles. The molecule has 0 amide bonds. The Morgan fingerprint density at radius 1 is 0.389 bits per heavy atom. The fourth-order valence-corrected chi connectivity index (χ4v) is 33.8. The Hall–Kier alpha value is -0.440. The van der Waals surface area contributed by atoms with E-state index in [1.54, 1.807) is 12.1 Å². The molecule has 0 atom stereocenters. The van der Waals surface area contributed by atoms with Crippen molar-refractivity contribution in [2.75, 3.05) is 169 Å². The van der Waals surface area contributed by atoms with E-state index in [2.05, 4.69) is 56.0 Å². The Morgan fingerprint density at radius 3 is 0.741 bits per heavy atom. The fourth-order valence-electron chi connectivity index (χ4n) is 7.05. The van der Waals surface area contributed by atoms with E-state index < -0.39 is 43.4 Å². The van der Waals surface area contributed by atoms with Gasteiger partial charge in [0.1, 0.15) is 0 Å². The van der Waals surface area contributed by atoms with Crippen LogP contribution in [0.3, 0.4) is 0 Å². The predicted molar refractivity (Wildman–Crippen MR) is 240 cm³/mol. The summed E-state index contributed by atoms with van der Waals surface area (Å²) in [5, 5.41) is 0. The van der Waals surface area contributed by atoms with Gasteiger partial charge < -0.3 is 0 Å². The Bertz CT molecular complexity index is 1340. The standard InChI is InChI=1S/C31H77N16O2P5/c1-36(2)50(37(3)4,38(5)6)32-54(49-31(48)30-28-26-25-27-29-30,33-51(39(7)8,40(9)10)41(11)12,34-52(42(13)14,43(15)16)44(17)18)35-53(45(19)20,46(21)22)47(23)24/h25-29H,1-24H3. The van der Waals surface area contributed by atoms with Crippen LogP contribution in [0.2, 0.25) is 0 Å². The van der Waals surface area contributed by atoms with Crippen molar-refractivity contribution in [3.63, 3.8) is 0 Å². The summed E-state index contributed by atoms with van der Waals surface area (Å²) in [6.45, 7) is 0. The third kappa shape index (κ3) is 9.54. The molecular weight excluding hydrogens is 783 g/mol. The van der Waals surface area contributed by atoms with Crippen LogP contribution in [-0.4, -0.2) is 231 Å². The zero-order valence-corrected chi connectivity index (χ0v) is 42.6. The Kier molecular flexibility index (Phi) is 18.2. The summed E-state index contributed by atoms with van der Waals surface area (Å²) in [6.07, 6.45) is 0. The summed E-state index contributed by atoms with van der Waals surface area (Å²) in [4.78, 5) is 15.3. The van der Waals surface area contributed by atoms with Crippen molar-refractivity contribution in [3.8, 4) is 0 Å². The monoisotopic (exact) mass is 861 g/mol. The molecule has 318 valence electrons. The van der Waals surface area contributed by atoms with Crippen LogP contribution in [0, 0.1) is 0 Å². The summed E-state index contributed by atoms with van der Waals surface area (Å²) < 4.78 is 57.3. The van der Waals surface area contributed by atoms with Crippen LogP contribution in [0.1, 0.15) is 10.4 Å². The average Bonchev–Trinajstić information content (AvgIpc) is 3.02. The molecule has 18 nitrogen and oxygen atoms in total. The minimum atomic E-state index is -5.60. The summed E-state index contributed by atoms with van der Waals surface area (Å²) in [5.74, 6) is -0.610. The second kappa shape index (κ2) is 19.1. The summed E-state index contributed by atoms with van der Waals surface area (Å²) in [5.41, 5.74) is 0.348. The van der Waals surface area contributed by atoms with Gasteiger partial charge in [-0.05, 0) is 0 Å². The molecule has 1 aromatic rings. The van der Waals surface area contributed by atoms with Gasteiger partial charge in [-0.15, -0.1) is 0 Å². The van der Waals surface area contributed by atoms with E-state index in [1.165, 1.54) is 0 Å². The van der Waals surface area contributed by atoms with Gasteiger partial charge >= 0.3 is 332 Å². The van der Waals surface area contributed by atoms with Crippen LogP contribution in [0.15, 0.2) is 48.4 Å². The van der Waals surface area contributed by atoms with Gasteiger partial charge in [0.2, 0.25) is 0 Å². The van der Waals surface area contributed by atoms with Crippen LogP contribution in [0.4, 0.5) is 0 Å². The first-order valence-electron chi connectivity index (χ1n) is 17.5. The topological polar surface area (TPSA) is 115 Å². The molecule has 1 aromatic carbocycles. The predicted octanol–water partition coefficient (Wildman–Crippen LogP) is 6.50. The molecule has 54 heavy (non-hydrogen) atoms. The van der Waals surface area contributed by atoms with E-state index in [0.29, 0.717) is 5.56 Å². The molecule has 0 aliphatic rings. The van der Waals surface area contributed by atoms with Crippen LogP contribution >= 0.6 is 37.5 Å². The molecule has 23 heteroatoms. The fraction of sp³-hybridized carbons (Fsp3) is 0.774. The Balaban J connectivity index is 6.01. The maximum atomic E-state index is 15.3. The van der Waals surface area contributed by atoms with Crippen molar-refractivity contribution in [1.29, 1.82) is 0 Å². The van der Waals surface area contributed by atoms with Crippen LogP contribution in [0.25, 0.3) is 0 Å². The Labute approximate surface area is 331 Å².